The zero-order chi connectivity index (χ0) is 104. The summed E-state index contributed by atoms with van der Waals surface area (Å²) >= 11 is 0. The zero-order valence-electron chi connectivity index (χ0n) is 92.9. The van der Waals surface area contributed by atoms with Gasteiger partial charge < -0.3 is 17.7 Å². The molecule has 8 aromatic heterocycles. The highest BCUT2D eigenvalue weighted by Crippen LogP contribution is 2.64. The summed E-state index contributed by atoms with van der Waals surface area (Å²) < 4.78 is 33.9. The Hall–Kier alpha value is -13.6. The fraction of sp³-hybridized carbons (Fsp3) is 0.343. The summed E-state index contributed by atoms with van der Waals surface area (Å²) in [7, 11) is 6.49. The number of nitrogens with zero attached hydrogens (tertiary/aromatic N) is 4. The summed E-state index contributed by atoms with van der Waals surface area (Å²) in [4.78, 5) is 4.90. The Kier molecular flexibility index (Phi) is 25.0. The van der Waals surface area contributed by atoms with Crippen molar-refractivity contribution in [1.82, 2.24) is 4.98 Å². The Balaban J connectivity index is 0.000000112. The maximum absolute atomic E-state index is 6.85. The molecule has 20 aromatic rings. The van der Waals surface area contributed by atoms with Crippen LogP contribution in [0.5, 0.6) is 0 Å². The van der Waals surface area contributed by atoms with Crippen LogP contribution in [-0.2, 0) is 42.8 Å². The Morgan fingerprint density at radius 2 is 0.628 bits per heavy atom. The first-order valence-electron chi connectivity index (χ1n) is 55.2. The monoisotopic (exact) mass is 1950 g/mol. The summed E-state index contributed by atoms with van der Waals surface area (Å²) in [6.45, 7) is 57.1. The highest BCUT2D eigenvalue weighted by molar-refractivity contribution is 6.21. The van der Waals surface area contributed by atoms with Gasteiger partial charge in [-0.1, -0.05) is 307 Å². The SMILES string of the molecule is Cc1cc(-c2c(C)ccc3c2oc2ccc4c(c23)-c2ccccc2C4(C)C)[n+](C)cc1C(C)C.Cc1cc(-c2c(C)ccc3c2oc2ccc4c(c23)-c2ccccc2C4(CC(C)C)CC(C)C)[n+](C)cc1C(C)C.Cc1cc(-c2c(C)ccc3c2oc2ccc4c(c23)C2(CCCC2)c2ccccc2-4)[n+](C)cc1C(C)C.Cc1cc(-c2cccc3c2oc2ccc4c(c23)C(CC(C)C)(CC(C)C)c2ccccc2-4)ncc1C(C)C. The lowest BCUT2D eigenvalue weighted by molar-refractivity contribution is -0.661. The molecule has 148 heavy (non-hydrogen) atoms. The number of hydrogen-bond donors (Lipinski definition) is 0. The van der Waals surface area contributed by atoms with Crippen molar-refractivity contribution in [2.45, 2.75) is 270 Å². The molecule has 8 nitrogen and oxygen atoms in total. The van der Waals surface area contributed by atoms with Gasteiger partial charge in [0.15, 0.2) is 18.6 Å². The molecule has 0 aliphatic heterocycles. The molecule has 8 heterocycles. The van der Waals surface area contributed by atoms with Crippen molar-refractivity contribution in [3.63, 3.8) is 0 Å². The number of hydrogen-bond acceptors (Lipinski definition) is 5. The van der Waals surface area contributed by atoms with E-state index in [1.807, 2.05) is 6.20 Å². The molecular formula is C140H149N4O4+3. The summed E-state index contributed by atoms with van der Waals surface area (Å²) in [6.07, 6.45) is 18.5. The molecule has 1 spiro atoms. The predicted octanol–water partition coefficient (Wildman–Crippen LogP) is 37.4. The Labute approximate surface area is 877 Å². The molecule has 0 N–H and O–H groups in total. The van der Waals surface area contributed by atoms with Crippen LogP contribution < -0.4 is 13.7 Å². The number of aryl methyl sites for hydroxylation is 10. The lowest BCUT2D eigenvalue weighted by Crippen LogP contribution is -2.32. The van der Waals surface area contributed by atoms with Crippen LogP contribution in [0.15, 0.2) is 267 Å². The Morgan fingerprint density at radius 1 is 0.284 bits per heavy atom. The smallest absolute Gasteiger partial charge is 0.216 e. The first kappa shape index (κ1) is 99.1. The average molecular weight is 1950 g/mol. The minimum absolute atomic E-state index is 0.0204. The van der Waals surface area contributed by atoms with E-state index in [-0.39, 0.29) is 21.7 Å². The highest BCUT2D eigenvalue weighted by atomic mass is 16.3. The van der Waals surface area contributed by atoms with E-state index in [1.165, 1.54) is 253 Å². The standard InChI is InChI=1S/C38H44NO.C36H39NO.C34H34NO.C32H32NO/c1-22(2)19-38(20-23(3)4)30-13-11-10-12-27(30)35-31(38)16-17-33-36(35)28-15-14-25(7)34(37(28)40-33)32-18-26(8)29(24(5)6)21-39(32)9;1-21(2)18-36(19-22(3)4)30-14-9-8-11-25(30)26-15-16-32-33(34(26)36)28-13-10-12-27(35(28)38-32)31-17-24(7)29(20-37-31)23(5)6;1-20(2)26-19-35(5)28(18-22(26)4)30-21(3)12-13-25-31-29(36-33(25)30)15-14-24-23-10-6-7-11-27(23)34(32(24)31)16-8-9-17-34;1-18(2)23-17-33(7)26(16-20(23)4)28-19(3)12-13-22-30-27(34-31(22)28)15-14-25-29(30)21-10-8-9-11-24(21)32(25,5)6/h10-18,21-24H,19-20H2,1-9H3;8-17,20-23H,18-19H2,1-7H3;6-7,10-15,18-20H,8-9,16-17H2,1-5H3;8-18H,1-7H3/q+1;;2*+1. The summed E-state index contributed by atoms with van der Waals surface area (Å²) in [6, 6.07) is 83.9. The van der Waals surface area contributed by atoms with Gasteiger partial charge in [-0.25, -0.2) is 13.7 Å². The van der Waals surface area contributed by atoms with E-state index in [1.54, 1.807) is 0 Å². The van der Waals surface area contributed by atoms with E-state index in [4.69, 9.17) is 22.7 Å². The Bertz CT molecular complexity index is 8770. The van der Waals surface area contributed by atoms with Crippen molar-refractivity contribution >= 4 is 87.8 Å². The highest BCUT2D eigenvalue weighted by Gasteiger charge is 2.51. The molecule has 12 aromatic carbocycles. The molecule has 0 unspecified atom stereocenters. The van der Waals surface area contributed by atoms with Gasteiger partial charge in [-0.15, -0.1) is 0 Å². The van der Waals surface area contributed by atoms with Crippen molar-refractivity contribution in [1.29, 1.82) is 0 Å². The molecule has 5 aliphatic carbocycles. The van der Waals surface area contributed by atoms with E-state index < -0.39 is 0 Å². The van der Waals surface area contributed by atoms with Crippen molar-refractivity contribution in [2.75, 3.05) is 0 Å². The van der Waals surface area contributed by atoms with Crippen molar-refractivity contribution in [3.05, 3.63) is 355 Å². The van der Waals surface area contributed by atoms with Crippen LogP contribution >= 0.6 is 0 Å². The fourth-order valence-corrected chi connectivity index (χ4v) is 28.8. The number of pyridine rings is 4. The van der Waals surface area contributed by atoms with Crippen LogP contribution in [0.1, 0.15) is 305 Å². The van der Waals surface area contributed by atoms with Crippen LogP contribution in [0, 0.1) is 72.1 Å². The first-order valence-corrected chi connectivity index (χ1v) is 55.2. The normalized spacial score (nSPS) is 14.6. The third-order valence-electron chi connectivity index (χ3n) is 34.6. The Morgan fingerprint density at radius 3 is 1.08 bits per heavy atom. The average Bonchev–Trinajstić information content (AvgIpc) is 1.54. The molecule has 1 saturated carbocycles. The van der Waals surface area contributed by atoms with Gasteiger partial charge in [0, 0.05) is 111 Å². The van der Waals surface area contributed by atoms with Gasteiger partial charge in [-0.2, -0.15) is 0 Å². The number of aromatic nitrogens is 4. The van der Waals surface area contributed by atoms with Gasteiger partial charge >= 0.3 is 0 Å². The van der Waals surface area contributed by atoms with Gasteiger partial charge in [-0.05, 0) is 304 Å². The molecule has 0 saturated heterocycles. The third kappa shape index (κ3) is 15.7. The maximum atomic E-state index is 6.85. The second-order valence-electron chi connectivity index (χ2n) is 48.4. The lowest BCUT2D eigenvalue weighted by atomic mass is 9.67. The summed E-state index contributed by atoms with van der Waals surface area (Å²) in [5.41, 5.74) is 54.5. The molecule has 5 aliphatic rings. The summed E-state index contributed by atoms with van der Waals surface area (Å²) in [5.74, 6) is 4.28. The molecule has 25 rings (SSSR count). The number of benzene rings is 12. The molecular weight excluding hydrogens is 1800 g/mol. The van der Waals surface area contributed by atoms with E-state index in [9.17, 15) is 0 Å². The summed E-state index contributed by atoms with van der Waals surface area (Å²) in [5, 5.41) is 10.0. The number of furan rings is 4. The minimum Gasteiger partial charge on any atom is -0.455 e. The molecule has 8 heteroatoms. The van der Waals surface area contributed by atoms with Gasteiger partial charge in [-0.3, -0.25) is 4.98 Å². The topological polar surface area (TPSA) is 77.1 Å². The van der Waals surface area contributed by atoms with E-state index in [0.29, 0.717) is 47.3 Å². The van der Waals surface area contributed by atoms with Crippen molar-refractivity contribution < 1.29 is 31.4 Å². The van der Waals surface area contributed by atoms with Crippen molar-refractivity contribution in [2.24, 2.45) is 44.8 Å². The minimum atomic E-state index is -0.0334. The molecule has 750 valence electrons. The number of fused-ring (bicyclic) bond motifs is 30. The predicted molar refractivity (Wildman–Crippen MR) is 620 cm³/mol. The van der Waals surface area contributed by atoms with E-state index >= 15 is 0 Å². The first-order chi connectivity index (χ1) is 70.8. The molecule has 0 radical (unpaired) electrons. The maximum Gasteiger partial charge on any atom is 0.216 e. The number of rotatable bonds is 16. The molecule has 1 fully saturated rings. The second kappa shape index (κ2) is 37.3. The van der Waals surface area contributed by atoms with Gasteiger partial charge in [0.1, 0.15) is 65.8 Å². The van der Waals surface area contributed by atoms with Gasteiger partial charge in [0.25, 0.3) is 0 Å². The van der Waals surface area contributed by atoms with Crippen LogP contribution in [0.25, 0.3) is 177 Å². The zero-order valence-corrected chi connectivity index (χ0v) is 92.9. The van der Waals surface area contributed by atoms with Crippen LogP contribution in [0.3, 0.4) is 0 Å². The third-order valence-corrected chi connectivity index (χ3v) is 34.6. The second-order valence-corrected chi connectivity index (χ2v) is 48.4. The fourth-order valence-electron chi connectivity index (χ4n) is 28.8. The van der Waals surface area contributed by atoms with Crippen LogP contribution in [-0.4, -0.2) is 4.98 Å². The van der Waals surface area contributed by atoms with E-state index in [0.717, 1.165) is 81.6 Å². The molecule has 0 atom stereocenters. The molecule has 0 amide bonds. The molecule has 0 bridgehead atoms. The lowest BCUT2D eigenvalue weighted by Gasteiger charge is -2.36. The number of para-hydroxylation sites is 1. The van der Waals surface area contributed by atoms with Crippen LogP contribution in [0.2, 0.25) is 0 Å². The quantitative estimate of drug-likeness (QED) is 0.0901. The largest absolute Gasteiger partial charge is 0.455 e. The van der Waals surface area contributed by atoms with E-state index in [2.05, 4.69) is 451 Å². The van der Waals surface area contributed by atoms with Gasteiger partial charge in [0.2, 0.25) is 17.1 Å². The van der Waals surface area contributed by atoms with Crippen molar-refractivity contribution in [3.8, 4) is 89.5 Å². The van der Waals surface area contributed by atoms with Gasteiger partial charge in [0.05, 0.1) is 22.4 Å². The van der Waals surface area contributed by atoms with Crippen LogP contribution in [0.4, 0.5) is 0 Å².